The van der Waals surface area contributed by atoms with Gasteiger partial charge in [0.25, 0.3) is 11.7 Å². The maximum atomic E-state index is 13.0. The fourth-order valence-corrected chi connectivity index (χ4v) is 3.74. The van der Waals surface area contributed by atoms with Gasteiger partial charge >= 0.3 is 0 Å². The molecule has 1 atom stereocenters. The van der Waals surface area contributed by atoms with Crippen LogP contribution in [0.4, 0.5) is 0 Å². The summed E-state index contributed by atoms with van der Waals surface area (Å²) < 4.78 is 5.28. The van der Waals surface area contributed by atoms with Gasteiger partial charge in [0.15, 0.2) is 0 Å². The van der Waals surface area contributed by atoms with E-state index in [1.165, 1.54) is 4.90 Å². The van der Waals surface area contributed by atoms with Crippen LogP contribution in [-0.2, 0) is 16.1 Å². The van der Waals surface area contributed by atoms with Gasteiger partial charge in [0, 0.05) is 12.1 Å². The van der Waals surface area contributed by atoms with E-state index in [4.69, 9.17) is 4.74 Å². The van der Waals surface area contributed by atoms with E-state index in [2.05, 4.69) is 0 Å². The first kappa shape index (κ1) is 19.5. The minimum Gasteiger partial charge on any atom is -0.507 e. The maximum Gasteiger partial charge on any atom is 0.295 e. The minimum atomic E-state index is -0.687. The van der Waals surface area contributed by atoms with E-state index in [1.807, 2.05) is 60.7 Å². The van der Waals surface area contributed by atoms with Crippen molar-refractivity contribution in [3.63, 3.8) is 0 Å². The molecule has 150 valence electrons. The van der Waals surface area contributed by atoms with Crippen LogP contribution in [0.5, 0.6) is 5.75 Å². The summed E-state index contributed by atoms with van der Waals surface area (Å²) in [6, 6.07) is 24.8. The summed E-state index contributed by atoms with van der Waals surface area (Å²) in [4.78, 5) is 27.5. The number of aliphatic hydroxyl groups is 1. The second-order valence-corrected chi connectivity index (χ2v) is 7.06. The number of likely N-dealkylation sites (tertiary alicyclic amines) is 1. The zero-order chi connectivity index (χ0) is 21.1. The Morgan fingerprint density at radius 3 is 2.27 bits per heavy atom. The molecule has 3 aromatic carbocycles. The SMILES string of the molecule is COc1cccc(CN2C(=O)C(=O)/C(=C(/O)c3ccccc3)C2c2ccccc2)c1. The molecule has 1 amide bonds. The molecule has 3 aromatic rings. The highest BCUT2D eigenvalue weighted by atomic mass is 16.5. The van der Waals surface area contributed by atoms with E-state index in [-0.39, 0.29) is 17.9 Å². The van der Waals surface area contributed by atoms with E-state index < -0.39 is 17.7 Å². The largest absolute Gasteiger partial charge is 0.507 e. The molecule has 1 heterocycles. The number of ether oxygens (including phenoxy) is 1. The monoisotopic (exact) mass is 399 g/mol. The quantitative estimate of drug-likeness (QED) is 0.394. The van der Waals surface area contributed by atoms with Crippen LogP contribution >= 0.6 is 0 Å². The summed E-state index contributed by atoms with van der Waals surface area (Å²) >= 11 is 0. The molecule has 30 heavy (non-hydrogen) atoms. The number of rotatable bonds is 5. The Balaban J connectivity index is 1.83. The molecule has 4 rings (SSSR count). The second kappa shape index (κ2) is 8.25. The van der Waals surface area contributed by atoms with Gasteiger partial charge in [-0.15, -0.1) is 0 Å². The molecule has 0 spiro atoms. The van der Waals surface area contributed by atoms with Crippen LogP contribution in [0.3, 0.4) is 0 Å². The van der Waals surface area contributed by atoms with E-state index in [0.29, 0.717) is 11.3 Å². The third kappa shape index (κ3) is 3.57. The number of carbonyl (C=O) groups is 2. The predicted octanol–water partition coefficient (Wildman–Crippen LogP) is 4.32. The number of benzene rings is 3. The summed E-state index contributed by atoms with van der Waals surface area (Å²) in [5.74, 6) is -0.821. The number of amides is 1. The molecule has 0 radical (unpaired) electrons. The van der Waals surface area contributed by atoms with Crippen LogP contribution in [0.2, 0.25) is 0 Å². The smallest absolute Gasteiger partial charge is 0.295 e. The maximum absolute atomic E-state index is 13.0. The fraction of sp³-hybridized carbons (Fsp3) is 0.120. The number of aliphatic hydroxyl groups excluding tert-OH is 1. The summed E-state index contributed by atoms with van der Waals surface area (Å²) in [5, 5.41) is 11.0. The highest BCUT2D eigenvalue weighted by Crippen LogP contribution is 2.40. The highest BCUT2D eigenvalue weighted by molar-refractivity contribution is 6.46. The third-order valence-corrected chi connectivity index (χ3v) is 5.19. The standard InChI is InChI=1S/C25H21NO4/c1-30-20-14-8-9-17(15-20)16-26-22(18-10-4-2-5-11-18)21(24(28)25(26)29)23(27)19-12-6-3-7-13-19/h2-15,22,27H,16H2,1H3/b23-21+. The van der Waals surface area contributed by atoms with Gasteiger partial charge in [0.05, 0.1) is 18.7 Å². The van der Waals surface area contributed by atoms with Gasteiger partial charge in [0.1, 0.15) is 11.5 Å². The first-order valence-corrected chi connectivity index (χ1v) is 9.62. The summed E-state index contributed by atoms with van der Waals surface area (Å²) in [5.41, 5.74) is 2.19. The number of carbonyl (C=O) groups excluding carboxylic acids is 2. The molecule has 1 fully saturated rings. The summed E-state index contributed by atoms with van der Waals surface area (Å²) in [6.45, 7) is 0.215. The Hall–Kier alpha value is -3.86. The molecular weight excluding hydrogens is 378 g/mol. The van der Waals surface area contributed by atoms with E-state index >= 15 is 0 Å². The van der Waals surface area contributed by atoms with Gasteiger partial charge in [-0.3, -0.25) is 9.59 Å². The molecular formula is C25H21NO4. The van der Waals surface area contributed by atoms with E-state index in [1.54, 1.807) is 31.4 Å². The molecule has 1 aliphatic heterocycles. The van der Waals surface area contributed by atoms with Gasteiger partial charge in [-0.2, -0.15) is 0 Å². The van der Waals surface area contributed by atoms with Crippen LogP contribution in [0.1, 0.15) is 22.7 Å². The van der Waals surface area contributed by atoms with Crippen molar-refractivity contribution >= 4 is 17.4 Å². The molecule has 1 unspecified atom stereocenters. The molecule has 5 heteroatoms. The molecule has 0 aromatic heterocycles. The molecule has 1 saturated heterocycles. The topological polar surface area (TPSA) is 66.8 Å². The lowest BCUT2D eigenvalue weighted by molar-refractivity contribution is -0.140. The van der Waals surface area contributed by atoms with Crippen LogP contribution in [0.25, 0.3) is 5.76 Å². The van der Waals surface area contributed by atoms with Gasteiger partial charge < -0.3 is 14.7 Å². The number of methoxy groups -OCH3 is 1. The molecule has 0 saturated carbocycles. The second-order valence-electron chi connectivity index (χ2n) is 7.06. The van der Waals surface area contributed by atoms with Crippen LogP contribution in [0.15, 0.2) is 90.5 Å². The van der Waals surface area contributed by atoms with Gasteiger partial charge in [-0.25, -0.2) is 0 Å². The normalized spacial score (nSPS) is 17.9. The number of ketones is 1. The Kier molecular flexibility index (Phi) is 5.35. The van der Waals surface area contributed by atoms with Crippen molar-refractivity contribution in [3.8, 4) is 5.75 Å². The van der Waals surface area contributed by atoms with Gasteiger partial charge in [-0.05, 0) is 23.3 Å². The average Bonchev–Trinajstić information content (AvgIpc) is 3.05. The molecule has 0 bridgehead atoms. The molecule has 0 aliphatic carbocycles. The van der Waals surface area contributed by atoms with Crippen molar-refractivity contribution in [1.29, 1.82) is 0 Å². The van der Waals surface area contributed by atoms with Crippen molar-refractivity contribution < 1.29 is 19.4 Å². The van der Waals surface area contributed by atoms with E-state index in [0.717, 1.165) is 11.1 Å². The lowest BCUT2D eigenvalue weighted by atomic mass is 9.95. The Morgan fingerprint density at radius 2 is 1.60 bits per heavy atom. The van der Waals surface area contributed by atoms with Crippen molar-refractivity contribution in [2.75, 3.05) is 7.11 Å². The Morgan fingerprint density at radius 1 is 0.933 bits per heavy atom. The van der Waals surface area contributed by atoms with Gasteiger partial charge in [0.2, 0.25) is 0 Å². The van der Waals surface area contributed by atoms with Crippen LogP contribution in [-0.4, -0.2) is 28.8 Å². The number of hydrogen-bond acceptors (Lipinski definition) is 4. The average molecular weight is 399 g/mol. The zero-order valence-corrected chi connectivity index (χ0v) is 16.5. The molecule has 1 aliphatic rings. The van der Waals surface area contributed by atoms with E-state index in [9.17, 15) is 14.7 Å². The Bertz CT molecular complexity index is 1110. The predicted molar refractivity (Wildman–Crippen MR) is 114 cm³/mol. The van der Waals surface area contributed by atoms with Gasteiger partial charge in [-0.1, -0.05) is 72.8 Å². The first-order valence-electron chi connectivity index (χ1n) is 9.62. The molecule has 1 N–H and O–H groups in total. The fourth-order valence-electron chi connectivity index (χ4n) is 3.74. The van der Waals surface area contributed by atoms with Crippen LogP contribution in [0, 0.1) is 0 Å². The molecule has 5 nitrogen and oxygen atoms in total. The number of Topliss-reactive ketones (excluding diaryl/α,β-unsaturated/α-hetero) is 1. The highest BCUT2D eigenvalue weighted by Gasteiger charge is 2.45. The minimum absolute atomic E-state index is 0.0975. The Labute approximate surface area is 174 Å². The lowest BCUT2D eigenvalue weighted by Gasteiger charge is -2.25. The first-order chi connectivity index (χ1) is 14.6. The number of hydrogen-bond donors (Lipinski definition) is 1. The lowest BCUT2D eigenvalue weighted by Crippen LogP contribution is -2.29. The van der Waals surface area contributed by atoms with Crippen LogP contribution < -0.4 is 4.74 Å². The summed E-state index contributed by atoms with van der Waals surface area (Å²) in [6.07, 6.45) is 0. The van der Waals surface area contributed by atoms with Crippen molar-refractivity contribution in [2.45, 2.75) is 12.6 Å². The third-order valence-electron chi connectivity index (χ3n) is 5.19. The zero-order valence-electron chi connectivity index (χ0n) is 16.5. The van der Waals surface area contributed by atoms with Crippen molar-refractivity contribution in [1.82, 2.24) is 4.90 Å². The summed E-state index contributed by atoms with van der Waals surface area (Å²) in [7, 11) is 1.58. The number of nitrogens with zero attached hydrogens (tertiary/aromatic N) is 1. The van der Waals surface area contributed by atoms with Crippen molar-refractivity contribution in [3.05, 3.63) is 107 Å². The van der Waals surface area contributed by atoms with Crippen molar-refractivity contribution in [2.24, 2.45) is 0 Å².